The topological polar surface area (TPSA) is 218 Å². The number of carbonyl (C=O) groups excluding carboxylic acids is 3. The number of benzene rings is 1. The lowest BCUT2D eigenvalue weighted by molar-refractivity contribution is -0.119. The van der Waals surface area contributed by atoms with Crippen LogP contribution < -0.4 is 21.7 Å². The van der Waals surface area contributed by atoms with Crippen LogP contribution in [0.4, 0.5) is 10.5 Å². The fourth-order valence-corrected chi connectivity index (χ4v) is 2.92. The Bertz CT molecular complexity index is 1170. The smallest absolute Gasteiger partial charge is 0.408 e. The number of aliphatic imine (C=N–C) groups is 1. The molecule has 1 aliphatic heterocycles. The monoisotopic (exact) mass is 529 g/mol. The number of primary amides is 1. The third-order valence-electron chi connectivity index (χ3n) is 4.66. The summed E-state index contributed by atoms with van der Waals surface area (Å²) in [5, 5.41) is 26.6. The van der Waals surface area contributed by atoms with Crippen molar-refractivity contribution >= 4 is 35.9 Å². The normalized spacial score (nSPS) is 12.8. The van der Waals surface area contributed by atoms with Gasteiger partial charge in [0.1, 0.15) is 17.2 Å². The number of hydrogen-bond donors (Lipinski definition) is 6. The molecule has 38 heavy (non-hydrogen) atoms. The number of amides is 3. The number of nitrogens with two attached hydrogens (primary N) is 1. The number of anilines is 1. The van der Waals surface area contributed by atoms with Crippen LogP contribution in [0.15, 0.2) is 35.5 Å². The van der Waals surface area contributed by atoms with Crippen LogP contribution in [0.1, 0.15) is 44.0 Å². The van der Waals surface area contributed by atoms with Crippen molar-refractivity contribution in [1.82, 2.24) is 20.6 Å². The lowest BCUT2D eigenvalue weighted by Crippen LogP contribution is -2.46. The van der Waals surface area contributed by atoms with Gasteiger partial charge in [-0.25, -0.2) is 14.6 Å². The molecule has 0 fully saturated rings. The Morgan fingerprint density at radius 1 is 1.18 bits per heavy atom. The van der Waals surface area contributed by atoms with E-state index in [9.17, 15) is 24.3 Å². The standard InChI is InChI=1S/C21H25N5O7.C3H6N2/c1-21(2,3)33-20(32)25-14(8-9-15(22)27)18(29)24-12-6-4-11(5-7-12)16-23-10-13(19(30)31)17(28)26-16;1-2-5-3-4-1/h4-7,10,14H,8-9H2,1-3H3,(H2,22,27)(H,24,29)(H,25,32)(H,30,31)(H,23,26,28);3H,1-2H2,(H,4,5)/t14-;/m0./s1. The molecule has 1 atom stereocenters. The quantitative estimate of drug-likeness (QED) is 0.287. The van der Waals surface area contributed by atoms with Gasteiger partial charge in [-0.2, -0.15) is 4.98 Å². The largest absolute Gasteiger partial charge is 0.493 e. The number of aromatic hydroxyl groups is 1. The fraction of sp³-hybridized carbons (Fsp3) is 0.375. The highest BCUT2D eigenvalue weighted by atomic mass is 16.6. The minimum absolute atomic E-state index is 0.0263. The van der Waals surface area contributed by atoms with Crippen LogP contribution >= 0.6 is 0 Å². The summed E-state index contributed by atoms with van der Waals surface area (Å²) in [6.07, 6.45) is 1.76. The minimum Gasteiger partial charge on any atom is -0.493 e. The SMILES string of the molecule is C1=NCCN1.CC(C)(C)OC(=O)N[C@@H](CCC(N)=O)C(=O)Nc1ccc(-c2ncc(C(=O)O)c(O)n2)cc1. The second kappa shape index (κ2) is 13.5. The van der Waals surface area contributed by atoms with Crippen LogP contribution in [0.3, 0.4) is 0 Å². The average molecular weight is 530 g/mol. The molecule has 0 bridgehead atoms. The van der Waals surface area contributed by atoms with Crippen molar-refractivity contribution < 1.29 is 34.1 Å². The first-order valence-corrected chi connectivity index (χ1v) is 11.6. The summed E-state index contributed by atoms with van der Waals surface area (Å²) in [5.74, 6) is -3.16. The predicted octanol–water partition coefficient (Wildman–Crippen LogP) is 1.26. The van der Waals surface area contributed by atoms with Gasteiger partial charge in [0.05, 0.1) is 12.9 Å². The molecular weight excluding hydrogens is 498 g/mol. The van der Waals surface area contributed by atoms with Gasteiger partial charge in [0.15, 0.2) is 5.82 Å². The molecule has 14 heteroatoms. The Morgan fingerprint density at radius 3 is 2.34 bits per heavy atom. The van der Waals surface area contributed by atoms with Gasteiger partial charge in [0, 0.05) is 30.4 Å². The van der Waals surface area contributed by atoms with Gasteiger partial charge in [0.25, 0.3) is 0 Å². The summed E-state index contributed by atoms with van der Waals surface area (Å²) in [7, 11) is 0. The molecule has 2 aromatic rings. The van der Waals surface area contributed by atoms with Crippen LogP contribution in [0.2, 0.25) is 0 Å². The molecule has 1 aromatic carbocycles. The molecule has 0 unspecified atom stereocenters. The first-order chi connectivity index (χ1) is 17.9. The number of carbonyl (C=O) groups is 4. The summed E-state index contributed by atoms with van der Waals surface area (Å²) >= 11 is 0. The molecule has 0 spiro atoms. The lowest BCUT2D eigenvalue weighted by atomic mass is 10.1. The number of alkyl carbamates (subject to hydrolysis) is 1. The molecule has 0 radical (unpaired) electrons. The molecule has 2 heterocycles. The van der Waals surface area contributed by atoms with Gasteiger partial charge < -0.3 is 36.6 Å². The van der Waals surface area contributed by atoms with E-state index >= 15 is 0 Å². The molecule has 7 N–H and O–H groups in total. The number of nitrogens with one attached hydrogen (secondary N) is 3. The predicted molar refractivity (Wildman–Crippen MR) is 138 cm³/mol. The highest BCUT2D eigenvalue weighted by Crippen LogP contribution is 2.22. The number of carboxylic acids is 1. The van der Waals surface area contributed by atoms with Crippen LogP contribution in [-0.4, -0.2) is 75.1 Å². The highest BCUT2D eigenvalue weighted by molar-refractivity contribution is 5.97. The van der Waals surface area contributed by atoms with Gasteiger partial charge in [0.2, 0.25) is 17.7 Å². The van der Waals surface area contributed by atoms with Crippen molar-refractivity contribution in [2.45, 2.75) is 45.3 Å². The summed E-state index contributed by atoms with van der Waals surface area (Å²) in [6, 6.07) is 5.07. The molecule has 0 saturated heterocycles. The lowest BCUT2D eigenvalue weighted by Gasteiger charge is -2.23. The van der Waals surface area contributed by atoms with E-state index in [2.05, 4.69) is 30.9 Å². The number of rotatable bonds is 8. The van der Waals surface area contributed by atoms with Crippen molar-refractivity contribution in [2.75, 3.05) is 18.4 Å². The number of aromatic carboxylic acids is 1. The van der Waals surface area contributed by atoms with Crippen molar-refractivity contribution in [1.29, 1.82) is 0 Å². The maximum absolute atomic E-state index is 12.7. The zero-order chi connectivity index (χ0) is 28.3. The number of ether oxygens (including phenoxy) is 1. The fourth-order valence-electron chi connectivity index (χ4n) is 2.92. The highest BCUT2D eigenvalue weighted by Gasteiger charge is 2.25. The second-order valence-electron chi connectivity index (χ2n) is 9.00. The van der Waals surface area contributed by atoms with Crippen molar-refractivity contribution in [3.05, 3.63) is 36.0 Å². The van der Waals surface area contributed by atoms with Crippen LogP contribution in [0.25, 0.3) is 11.4 Å². The minimum atomic E-state index is -1.36. The number of aromatic nitrogens is 2. The number of carboxylic acid groups (broad SMARTS) is 1. The maximum atomic E-state index is 12.7. The van der Waals surface area contributed by atoms with E-state index in [1.807, 2.05) is 0 Å². The van der Waals surface area contributed by atoms with Crippen molar-refractivity contribution in [3.8, 4) is 17.3 Å². The van der Waals surface area contributed by atoms with E-state index in [0.29, 0.717) is 11.3 Å². The van der Waals surface area contributed by atoms with E-state index in [4.69, 9.17) is 15.6 Å². The summed E-state index contributed by atoms with van der Waals surface area (Å²) in [5.41, 5.74) is 4.78. The molecule has 0 saturated carbocycles. The Balaban J connectivity index is 0.000000904. The van der Waals surface area contributed by atoms with E-state index < -0.39 is 47.0 Å². The Hall–Kier alpha value is -4.75. The molecule has 3 amide bonds. The van der Waals surface area contributed by atoms with E-state index in [1.54, 1.807) is 39.2 Å². The molecule has 1 aromatic heterocycles. The van der Waals surface area contributed by atoms with Gasteiger partial charge in [-0.3, -0.25) is 14.6 Å². The molecular formula is C24H31N7O7. The number of hydrogen-bond acceptors (Lipinski definition) is 10. The Labute approximate surface area is 218 Å². The summed E-state index contributed by atoms with van der Waals surface area (Å²) in [6.45, 7) is 7.00. The molecule has 1 aliphatic rings. The van der Waals surface area contributed by atoms with E-state index in [-0.39, 0.29) is 18.7 Å². The zero-order valence-corrected chi connectivity index (χ0v) is 21.2. The van der Waals surface area contributed by atoms with E-state index in [0.717, 1.165) is 19.3 Å². The van der Waals surface area contributed by atoms with Gasteiger partial charge in [-0.15, -0.1) is 0 Å². The Morgan fingerprint density at radius 2 is 1.87 bits per heavy atom. The summed E-state index contributed by atoms with van der Waals surface area (Å²) < 4.78 is 5.16. The number of nitrogens with zero attached hydrogens (tertiary/aromatic N) is 3. The van der Waals surface area contributed by atoms with Crippen molar-refractivity contribution in [3.63, 3.8) is 0 Å². The summed E-state index contributed by atoms with van der Waals surface area (Å²) in [4.78, 5) is 58.3. The third-order valence-corrected chi connectivity index (χ3v) is 4.66. The Kier molecular flexibility index (Phi) is 10.5. The first-order valence-electron chi connectivity index (χ1n) is 11.6. The molecule has 0 aliphatic carbocycles. The second-order valence-corrected chi connectivity index (χ2v) is 9.00. The van der Waals surface area contributed by atoms with E-state index in [1.165, 1.54) is 12.1 Å². The molecule has 204 valence electrons. The van der Waals surface area contributed by atoms with Crippen LogP contribution in [0, 0.1) is 0 Å². The third kappa shape index (κ3) is 10.1. The first kappa shape index (κ1) is 29.5. The zero-order valence-electron chi connectivity index (χ0n) is 21.2. The molecule has 14 nitrogen and oxygen atoms in total. The average Bonchev–Trinajstić information content (AvgIpc) is 3.41. The van der Waals surface area contributed by atoms with Gasteiger partial charge >= 0.3 is 12.1 Å². The molecule has 3 rings (SSSR count). The maximum Gasteiger partial charge on any atom is 0.408 e. The van der Waals surface area contributed by atoms with Crippen LogP contribution in [-0.2, 0) is 14.3 Å². The van der Waals surface area contributed by atoms with Gasteiger partial charge in [-0.1, -0.05) is 0 Å². The van der Waals surface area contributed by atoms with Crippen molar-refractivity contribution in [2.24, 2.45) is 10.7 Å². The van der Waals surface area contributed by atoms with Crippen LogP contribution in [0.5, 0.6) is 5.88 Å². The van der Waals surface area contributed by atoms with Gasteiger partial charge in [-0.05, 0) is 51.5 Å².